The summed E-state index contributed by atoms with van der Waals surface area (Å²) in [6, 6.07) is 1.65. The van der Waals surface area contributed by atoms with Crippen molar-refractivity contribution >= 4 is 23.0 Å². The fraction of sp³-hybridized carbons (Fsp3) is 0.250. The Hall–Kier alpha value is -1.95. The zero-order valence-corrected chi connectivity index (χ0v) is 10.9. The highest BCUT2D eigenvalue weighted by Gasteiger charge is 2.25. The minimum atomic E-state index is -1.000. The number of nitrogens with one attached hydrogen (secondary N) is 1. The van der Waals surface area contributed by atoms with Crippen LogP contribution in [-0.2, 0) is 5.54 Å². The van der Waals surface area contributed by atoms with Gasteiger partial charge in [0.15, 0.2) is 0 Å². The SMILES string of the molecule is CC(C)(Nc1ccncc1C(=O)O)c1nccs1. The molecule has 0 atom stereocenters. The summed E-state index contributed by atoms with van der Waals surface area (Å²) in [5.41, 5.74) is 0.263. The largest absolute Gasteiger partial charge is 0.478 e. The van der Waals surface area contributed by atoms with Crippen LogP contribution < -0.4 is 5.32 Å². The predicted octanol–water partition coefficient (Wildman–Crippen LogP) is 2.58. The summed E-state index contributed by atoms with van der Waals surface area (Å²) in [4.78, 5) is 19.2. The highest BCUT2D eigenvalue weighted by molar-refractivity contribution is 7.09. The summed E-state index contributed by atoms with van der Waals surface area (Å²) in [7, 11) is 0. The highest BCUT2D eigenvalue weighted by Crippen LogP contribution is 2.28. The zero-order chi connectivity index (χ0) is 13.2. The second kappa shape index (κ2) is 4.73. The van der Waals surface area contributed by atoms with Gasteiger partial charge < -0.3 is 10.4 Å². The molecule has 0 bridgehead atoms. The topological polar surface area (TPSA) is 75.1 Å². The normalized spacial score (nSPS) is 11.2. The van der Waals surface area contributed by atoms with Gasteiger partial charge in [-0.25, -0.2) is 9.78 Å². The third-order valence-electron chi connectivity index (χ3n) is 2.47. The molecule has 2 N–H and O–H groups in total. The van der Waals surface area contributed by atoms with Crippen LogP contribution in [0.2, 0.25) is 0 Å². The van der Waals surface area contributed by atoms with Gasteiger partial charge in [-0.15, -0.1) is 11.3 Å². The molecule has 0 aliphatic heterocycles. The molecule has 0 aromatic carbocycles. The molecule has 2 aromatic heterocycles. The summed E-state index contributed by atoms with van der Waals surface area (Å²) >= 11 is 1.53. The van der Waals surface area contributed by atoms with Crippen molar-refractivity contribution in [2.45, 2.75) is 19.4 Å². The van der Waals surface area contributed by atoms with Crippen molar-refractivity contribution in [3.8, 4) is 0 Å². The number of hydrogen-bond donors (Lipinski definition) is 2. The number of anilines is 1. The smallest absolute Gasteiger partial charge is 0.339 e. The summed E-state index contributed by atoms with van der Waals surface area (Å²) in [6.45, 7) is 3.91. The molecule has 2 rings (SSSR count). The van der Waals surface area contributed by atoms with Gasteiger partial charge in [-0.2, -0.15) is 0 Å². The predicted molar refractivity (Wildman–Crippen MR) is 70.0 cm³/mol. The van der Waals surface area contributed by atoms with E-state index < -0.39 is 11.5 Å². The van der Waals surface area contributed by atoms with E-state index in [0.29, 0.717) is 5.69 Å². The minimum absolute atomic E-state index is 0.155. The molecule has 0 spiro atoms. The molecule has 2 aromatic rings. The summed E-state index contributed by atoms with van der Waals surface area (Å²) in [5.74, 6) is -1.000. The molecule has 94 valence electrons. The van der Waals surface area contributed by atoms with E-state index in [-0.39, 0.29) is 5.56 Å². The lowest BCUT2D eigenvalue weighted by atomic mass is 10.1. The van der Waals surface area contributed by atoms with E-state index in [0.717, 1.165) is 5.01 Å². The molecule has 0 aliphatic rings. The minimum Gasteiger partial charge on any atom is -0.478 e. The van der Waals surface area contributed by atoms with Crippen LogP contribution in [0.25, 0.3) is 0 Å². The van der Waals surface area contributed by atoms with Crippen molar-refractivity contribution in [2.75, 3.05) is 5.32 Å². The van der Waals surface area contributed by atoms with Gasteiger partial charge in [0.25, 0.3) is 0 Å². The van der Waals surface area contributed by atoms with Gasteiger partial charge in [0.05, 0.1) is 11.2 Å². The van der Waals surface area contributed by atoms with E-state index in [9.17, 15) is 4.79 Å². The van der Waals surface area contributed by atoms with E-state index in [1.165, 1.54) is 17.5 Å². The number of carboxylic acids is 1. The van der Waals surface area contributed by atoms with Crippen molar-refractivity contribution in [1.29, 1.82) is 0 Å². The van der Waals surface area contributed by atoms with E-state index >= 15 is 0 Å². The van der Waals surface area contributed by atoms with E-state index in [1.807, 2.05) is 19.2 Å². The second-order valence-electron chi connectivity index (χ2n) is 4.31. The first-order valence-corrected chi connectivity index (χ1v) is 6.24. The van der Waals surface area contributed by atoms with E-state index in [2.05, 4.69) is 15.3 Å². The zero-order valence-electron chi connectivity index (χ0n) is 10.0. The van der Waals surface area contributed by atoms with Gasteiger partial charge >= 0.3 is 5.97 Å². The molecule has 0 unspecified atom stereocenters. The Balaban J connectivity index is 2.32. The van der Waals surface area contributed by atoms with Crippen LogP contribution in [0, 0.1) is 0 Å². The molecule has 0 amide bonds. The molecule has 0 aliphatic carbocycles. The van der Waals surface area contributed by atoms with Crippen LogP contribution in [0.1, 0.15) is 29.2 Å². The molecule has 0 saturated carbocycles. The second-order valence-corrected chi connectivity index (χ2v) is 5.21. The molecule has 0 fully saturated rings. The van der Waals surface area contributed by atoms with Gasteiger partial charge in [0.1, 0.15) is 10.6 Å². The molecule has 0 radical (unpaired) electrons. The number of carboxylic acid groups (broad SMARTS) is 1. The lowest BCUT2D eigenvalue weighted by Crippen LogP contribution is -2.28. The molecular formula is C12H13N3O2S. The first kappa shape index (κ1) is 12.5. The van der Waals surface area contributed by atoms with Crippen molar-refractivity contribution < 1.29 is 9.90 Å². The number of aromatic carboxylic acids is 1. The van der Waals surface area contributed by atoms with Crippen LogP contribution in [-0.4, -0.2) is 21.0 Å². The quantitative estimate of drug-likeness (QED) is 0.886. The Bertz CT molecular complexity index is 552. The number of thiazole rings is 1. The van der Waals surface area contributed by atoms with Gasteiger partial charge in [0, 0.05) is 24.0 Å². The Kier molecular flexibility index (Phi) is 3.29. The van der Waals surface area contributed by atoms with Crippen LogP contribution in [0.15, 0.2) is 30.0 Å². The van der Waals surface area contributed by atoms with Crippen molar-refractivity contribution in [2.24, 2.45) is 0 Å². The lowest BCUT2D eigenvalue weighted by Gasteiger charge is -2.25. The number of nitrogens with zero attached hydrogens (tertiary/aromatic N) is 2. The summed E-state index contributed by atoms with van der Waals surface area (Å²) in [5, 5.41) is 15.1. The van der Waals surface area contributed by atoms with E-state index in [1.54, 1.807) is 18.5 Å². The van der Waals surface area contributed by atoms with Crippen molar-refractivity contribution in [3.63, 3.8) is 0 Å². The lowest BCUT2D eigenvalue weighted by molar-refractivity contribution is 0.0697. The maximum atomic E-state index is 11.1. The van der Waals surface area contributed by atoms with Gasteiger partial charge in [0.2, 0.25) is 0 Å². The van der Waals surface area contributed by atoms with Crippen LogP contribution in [0.5, 0.6) is 0 Å². The molecule has 5 nitrogen and oxygen atoms in total. The van der Waals surface area contributed by atoms with Gasteiger partial charge in [-0.3, -0.25) is 4.98 Å². The average Bonchev–Trinajstić information content (AvgIpc) is 2.83. The monoisotopic (exact) mass is 263 g/mol. The fourth-order valence-electron chi connectivity index (χ4n) is 1.60. The maximum absolute atomic E-state index is 11.1. The standard InChI is InChI=1S/C12H13N3O2S/c1-12(2,11-14-5-6-18-11)15-9-3-4-13-7-8(9)10(16)17/h3-7H,1-2H3,(H,13,15)(H,16,17). The maximum Gasteiger partial charge on any atom is 0.339 e. The number of pyridine rings is 1. The van der Waals surface area contributed by atoms with Crippen LogP contribution >= 0.6 is 11.3 Å². The fourth-order valence-corrected chi connectivity index (χ4v) is 2.31. The number of hydrogen-bond acceptors (Lipinski definition) is 5. The molecule has 18 heavy (non-hydrogen) atoms. The molecular weight excluding hydrogens is 250 g/mol. The Labute approximate surface area is 109 Å². The molecule has 6 heteroatoms. The Morgan fingerprint density at radius 1 is 1.44 bits per heavy atom. The van der Waals surface area contributed by atoms with Gasteiger partial charge in [-0.05, 0) is 19.9 Å². The van der Waals surface area contributed by atoms with Crippen LogP contribution in [0.3, 0.4) is 0 Å². The van der Waals surface area contributed by atoms with Crippen LogP contribution in [0.4, 0.5) is 5.69 Å². The third-order valence-corrected chi connectivity index (χ3v) is 3.56. The van der Waals surface area contributed by atoms with Gasteiger partial charge in [-0.1, -0.05) is 0 Å². The number of rotatable bonds is 4. The summed E-state index contributed by atoms with van der Waals surface area (Å²) in [6.07, 6.45) is 4.63. The Morgan fingerprint density at radius 3 is 2.83 bits per heavy atom. The average molecular weight is 263 g/mol. The van der Waals surface area contributed by atoms with Crippen molar-refractivity contribution in [1.82, 2.24) is 9.97 Å². The van der Waals surface area contributed by atoms with Crippen molar-refractivity contribution in [3.05, 3.63) is 40.6 Å². The third kappa shape index (κ3) is 2.48. The highest BCUT2D eigenvalue weighted by atomic mass is 32.1. The number of aromatic nitrogens is 2. The van der Waals surface area contributed by atoms with E-state index in [4.69, 9.17) is 5.11 Å². The molecule has 2 heterocycles. The first-order valence-electron chi connectivity index (χ1n) is 5.36. The molecule has 0 saturated heterocycles. The first-order chi connectivity index (χ1) is 8.50. The number of carbonyl (C=O) groups is 1. The Morgan fingerprint density at radius 2 is 2.22 bits per heavy atom. The summed E-state index contributed by atoms with van der Waals surface area (Å²) < 4.78 is 0.